The highest BCUT2D eigenvalue weighted by Crippen LogP contribution is 2.28. The first-order chi connectivity index (χ1) is 9.99. The molecule has 0 aliphatic heterocycles. The molecule has 0 spiro atoms. The molecule has 5 heteroatoms. The molecule has 1 heterocycles. The molecule has 1 aromatic heterocycles. The van der Waals surface area contributed by atoms with E-state index < -0.39 is 5.82 Å². The molecular weight excluding hydrogens is 312 g/mol. The van der Waals surface area contributed by atoms with Crippen molar-refractivity contribution in [2.75, 3.05) is 0 Å². The van der Waals surface area contributed by atoms with Gasteiger partial charge in [-0.2, -0.15) is 0 Å². The second kappa shape index (κ2) is 5.17. The van der Waals surface area contributed by atoms with Gasteiger partial charge >= 0.3 is 0 Å². The largest absolute Gasteiger partial charge is 0.350 e. The van der Waals surface area contributed by atoms with E-state index >= 15 is 0 Å². The molecular formula is C16H10Cl2FNO. The molecule has 0 atom stereocenters. The van der Waals surface area contributed by atoms with E-state index in [-0.39, 0.29) is 16.4 Å². The Kier molecular flexibility index (Phi) is 3.47. The summed E-state index contributed by atoms with van der Waals surface area (Å²) in [5.41, 5.74) is 1.45. The van der Waals surface area contributed by atoms with Crippen molar-refractivity contribution in [3.63, 3.8) is 0 Å². The number of aromatic nitrogens is 1. The zero-order chi connectivity index (χ0) is 15.1. The van der Waals surface area contributed by atoms with Crippen LogP contribution in [0.2, 0.25) is 10.0 Å². The minimum absolute atomic E-state index is 0.152. The molecule has 3 rings (SSSR count). The summed E-state index contributed by atoms with van der Waals surface area (Å²) in [7, 11) is 1.82. The Morgan fingerprint density at radius 1 is 1.14 bits per heavy atom. The highest BCUT2D eigenvalue weighted by atomic mass is 35.5. The Labute approximate surface area is 130 Å². The number of hydrogen-bond donors (Lipinski definition) is 0. The van der Waals surface area contributed by atoms with Gasteiger partial charge in [0.15, 0.2) is 5.78 Å². The lowest BCUT2D eigenvalue weighted by Gasteiger charge is -2.03. The molecule has 21 heavy (non-hydrogen) atoms. The molecule has 0 radical (unpaired) electrons. The molecule has 0 fully saturated rings. The van der Waals surface area contributed by atoms with Crippen LogP contribution in [0.4, 0.5) is 4.39 Å². The smallest absolute Gasteiger partial charge is 0.196 e. The van der Waals surface area contributed by atoms with Crippen molar-refractivity contribution in [1.29, 1.82) is 0 Å². The van der Waals surface area contributed by atoms with Crippen LogP contribution in [0.15, 0.2) is 42.6 Å². The number of rotatable bonds is 2. The monoisotopic (exact) mass is 321 g/mol. The van der Waals surface area contributed by atoms with E-state index in [2.05, 4.69) is 0 Å². The minimum atomic E-state index is -0.606. The zero-order valence-electron chi connectivity index (χ0n) is 11.0. The molecule has 0 amide bonds. The maximum atomic E-state index is 13.5. The van der Waals surface area contributed by atoms with Crippen molar-refractivity contribution < 1.29 is 9.18 Å². The predicted octanol–water partition coefficient (Wildman–Crippen LogP) is 4.86. The van der Waals surface area contributed by atoms with Gasteiger partial charge in [-0.3, -0.25) is 4.79 Å². The summed E-state index contributed by atoms with van der Waals surface area (Å²) in [6.45, 7) is 0. The number of nitrogens with zero attached hydrogens (tertiary/aromatic N) is 1. The Hall–Kier alpha value is -1.84. The highest BCUT2D eigenvalue weighted by molar-refractivity contribution is 6.36. The molecule has 0 saturated carbocycles. The quantitative estimate of drug-likeness (QED) is 0.618. The fraction of sp³-hybridized carbons (Fsp3) is 0.0625. The lowest BCUT2D eigenvalue weighted by molar-refractivity contribution is 0.104. The van der Waals surface area contributed by atoms with E-state index in [1.54, 1.807) is 24.4 Å². The van der Waals surface area contributed by atoms with Crippen LogP contribution >= 0.6 is 23.2 Å². The number of benzene rings is 2. The summed E-state index contributed by atoms with van der Waals surface area (Å²) in [6.07, 6.45) is 1.70. The van der Waals surface area contributed by atoms with Crippen molar-refractivity contribution in [2.24, 2.45) is 7.05 Å². The van der Waals surface area contributed by atoms with Crippen LogP contribution in [-0.2, 0) is 7.05 Å². The Balaban J connectivity index is 2.21. The summed E-state index contributed by atoms with van der Waals surface area (Å²) in [5.74, 6) is -0.918. The van der Waals surface area contributed by atoms with Crippen LogP contribution in [0.3, 0.4) is 0 Å². The first-order valence-corrected chi connectivity index (χ1v) is 6.98. The summed E-state index contributed by atoms with van der Waals surface area (Å²) in [6, 6.07) is 9.48. The molecule has 0 aliphatic carbocycles. The van der Waals surface area contributed by atoms with Crippen molar-refractivity contribution >= 4 is 39.9 Å². The third-order valence-electron chi connectivity index (χ3n) is 3.39. The average molecular weight is 322 g/mol. The fourth-order valence-electron chi connectivity index (χ4n) is 2.36. The van der Waals surface area contributed by atoms with E-state index in [1.165, 1.54) is 18.2 Å². The van der Waals surface area contributed by atoms with Crippen LogP contribution in [0.5, 0.6) is 0 Å². The topological polar surface area (TPSA) is 22.0 Å². The Morgan fingerprint density at radius 2 is 1.90 bits per heavy atom. The maximum Gasteiger partial charge on any atom is 0.196 e. The minimum Gasteiger partial charge on any atom is -0.350 e. The number of carbonyl (C=O) groups excluding carboxylic acids is 1. The van der Waals surface area contributed by atoms with Crippen molar-refractivity contribution in [1.82, 2.24) is 4.57 Å². The SMILES string of the molecule is Cn1cc(C(=O)c2cccc(F)c2Cl)c2ccc(Cl)cc21. The van der Waals surface area contributed by atoms with Gasteiger partial charge in [0.25, 0.3) is 0 Å². The van der Waals surface area contributed by atoms with Crippen LogP contribution in [0, 0.1) is 5.82 Å². The van der Waals surface area contributed by atoms with Crippen LogP contribution in [-0.4, -0.2) is 10.4 Å². The number of carbonyl (C=O) groups is 1. The predicted molar refractivity (Wildman–Crippen MR) is 82.8 cm³/mol. The first-order valence-electron chi connectivity index (χ1n) is 6.22. The van der Waals surface area contributed by atoms with Crippen molar-refractivity contribution in [2.45, 2.75) is 0 Å². The molecule has 3 aromatic rings. The molecule has 0 aliphatic rings. The summed E-state index contributed by atoms with van der Waals surface area (Å²) in [5, 5.41) is 1.19. The van der Waals surface area contributed by atoms with E-state index in [1.807, 2.05) is 11.6 Å². The standard InChI is InChI=1S/C16H10Cl2FNO/c1-20-8-12(10-6-5-9(17)7-14(10)20)16(21)11-3-2-4-13(19)15(11)18/h2-8H,1H3. The van der Waals surface area contributed by atoms with Gasteiger partial charge in [0, 0.05) is 40.3 Å². The average Bonchev–Trinajstić information content (AvgIpc) is 2.78. The first kappa shape index (κ1) is 14.1. The fourth-order valence-corrected chi connectivity index (χ4v) is 2.74. The number of ketones is 1. The van der Waals surface area contributed by atoms with E-state index in [4.69, 9.17) is 23.2 Å². The van der Waals surface area contributed by atoms with Crippen LogP contribution < -0.4 is 0 Å². The second-order valence-electron chi connectivity index (χ2n) is 4.75. The molecule has 2 nitrogen and oxygen atoms in total. The van der Waals surface area contributed by atoms with Crippen LogP contribution in [0.25, 0.3) is 10.9 Å². The highest BCUT2D eigenvalue weighted by Gasteiger charge is 2.19. The van der Waals surface area contributed by atoms with E-state index in [0.29, 0.717) is 10.6 Å². The molecule has 2 aromatic carbocycles. The number of hydrogen-bond acceptors (Lipinski definition) is 1. The maximum absolute atomic E-state index is 13.5. The van der Waals surface area contributed by atoms with Gasteiger partial charge < -0.3 is 4.57 Å². The second-order valence-corrected chi connectivity index (χ2v) is 5.56. The summed E-state index contributed by atoms with van der Waals surface area (Å²) >= 11 is 11.9. The van der Waals surface area contributed by atoms with E-state index in [0.717, 1.165) is 10.9 Å². The van der Waals surface area contributed by atoms with Gasteiger partial charge in [-0.25, -0.2) is 4.39 Å². The van der Waals surface area contributed by atoms with Crippen molar-refractivity contribution in [3.05, 3.63) is 69.6 Å². The van der Waals surface area contributed by atoms with Gasteiger partial charge in [-0.05, 0) is 24.3 Å². The van der Waals surface area contributed by atoms with Gasteiger partial charge in [0.2, 0.25) is 0 Å². The summed E-state index contributed by atoms with van der Waals surface area (Å²) < 4.78 is 15.3. The normalized spacial score (nSPS) is 11.0. The van der Waals surface area contributed by atoms with Crippen LogP contribution in [0.1, 0.15) is 15.9 Å². The molecule has 0 N–H and O–H groups in total. The Bertz CT molecular complexity index is 870. The summed E-state index contributed by atoms with van der Waals surface area (Å²) in [4.78, 5) is 12.6. The van der Waals surface area contributed by atoms with Gasteiger partial charge in [0.05, 0.1) is 5.02 Å². The lowest BCUT2D eigenvalue weighted by Crippen LogP contribution is -2.02. The number of aryl methyl sites for hydroxylation is 1. The zero-order valence-corrected chi connectivity index (χ0v) is 12.5. The Morgan fingerprint density at radius 3 is 2.67 bits per heavy atom. The number of halogens is 3. The van der Waals surface area contributed by atoms with Gasteiger partial charge in [-0.1, -0.05) is 35.3 Å². The molecule has 0 saturated heterocycles. The molecule has 0 unspecified atom stereocenters. The van der Waals surface area contributed by atoms with Gasteiger partial charge in [0.1, 0.15) is 5.82 Å². The third kappa shape index (κ3) is 2.33. The molecule has 0 bridgehead atoms. The van der Waals surface area contributed by atoms with E-state index in [9.17, 15) is 9.18 Å². The van der Waals surface area contributed by atoms with Gasteiger partial charge in [-0.15, -0.1) is 0 Å². The lowest BCUT2D eigenvalue weighted by atomic mass is 10.0. The number of fused-ring (bicyclic) bond motifs is 1. The molecule has 106 valence electrons. The van der Waals surface area contributed by atoms with Crippen molar-refractivity contribution in [3.8, 4) is 0 Å². The third-order valence-corrected chi connectivity index (χ3v) is 4.01.